The Hall–Kier alpha value is -3.08. The average molecular weight is 361 g/mol. The van der Waals surface area contributed by atoms with E-state index in [0.717, 1.165) is 24.4 Å². The molecule has 5 nitrogen and oxygen atoms in total. The third-order valence-electron chi connectivity index (χ3n) is 5.27. The van der Waals surface area contributed by atoms with Gasteiger partial charge in [0.2, 0.25) is 0 Å². The van der Waals surface area contributed by atoms with Crippen molar-refractivity contribution in [3.05, 3.63) is 70.6 Å². The largest absolute Gasteiger partial charge is 0.372 e. The Balaban J connectivity index is 1.49. The third-order valence-corrected chi connectivity index (χ3v) is 5.27. The van der Waals surface area contributed by atoms with Crippen molar-refractivity contribution >= 4 is 28.1 Å². The number of H-pyrrole nitrogens is 1. The molecular weight excluding hydrogens is 338 g/mol. The summed E-state index contributed by atoms with van der Waals surface area (Å²) in [7, 11) is 0. The van der Waals surface area contributed by atoms with Crippen molar-refractivity contribution in [2.24, 2.45) is 5.92 Å². The van der Waals surface area contributed by atoms with Crippen LogP contribution < -0.4 is 15.8 Å². The summed E-state index contributed by atoms with van der Waals surface area (Å²) >= 11 is 0. The Morgan fingerprint density at radius 1 is 1.07 bits per heavy atom. The van der Waals surface area contributed by atoms with Crippen molar-refractivity contribution in [3.8, 4) is 0 Å². The minimum atomic E-state index is -0.322. The van der Waals surface area contributed by atoms with Gasteiger partial charge in [-0.15, -0.1) is 0 Å². The zero-order valence-electron chi connectivity index (χ0n) is 15.4. The highest BCUT2D eigenvalue weighted by Gasteiger charge is 2.16. The molecule has 1 aliphatic rings. The molecule has 3 aromatic rings. The number of aromatic nitrogens is 1. The van der Waals surface area contributed by atoms with Crippen molar-refractivity contribution in [2.45, 2.75) is 19.8 Å². The number of pyridine rings is 1. The number of amides is 1. The van der Waals surface area contributed by atoms with Crippen LogP contribution in [0.1, 0.15) is 30.3 Å². The molecule has 2 aromatic carbocycles. The Bertz CT molecular complexity index is 1020. The number of nitrogens with zero attached hydrogens (tertiary/aromatic N) is 1. The molecule has 0 atom stereocenters. The fourth-order valence-corrected chi connectivity index (χ4v) is 3.55. The van der Waals surface area contributed by atoms with Gasteiger partial charge < -0.3 is 15.2 Å². The lowest BCUT2D eigenvalue weighted by Crippen LogP contribution is -2.32. The van der Waals surface area contributed by atoms with Gasteiger partial charge in [-0.05, 0) is 60.5 Å². The van der Waals surface area contributed by atoms with E-state index in [4.69, 9.17) is 0 Å². The zero-order valence-corrected chi connectivity index (χ0v) is 15.4. The summed E-state index contributed by atoms with van der Waals surface area (Å²) in [5.41, 5.74) is 1.89. The first-order valence-electron chi connectivity index (χ1n) is 9.38. The predicted octanol–water partition coefficient (Wildman–Crippen LogP) is 4.02. The second-order valence-corrected chi connectivity index (χ2v) is 7.27. The molecule has 27 heavy (non-hydrogen) atoms. The molecule has 0 radical (unpaired) electrons. The van der Waals surface area contributed by atoms with Gasteiger partial charge in [-0.3, -0.25) is 9.59 Å². The highest BCUT2D eigenvalue weighted by molar-refractivity contribution is 6.04. The first-order chi connectivity index (χ1) is 13.1. The van der Waals surface area contributed by atoms with E-state index in [1.807, 2.05) is 42.5 Å². The Morgan fingerprint density at radius 2 is 1.78 bits per heavy atom. The number of benzene rings is 2. The fourth-order valence-electron chi connectivity index (χ4n) is 3.55. The number of aromatic amines is 1. The highest BCUT2D eigenvalue weighted by atomic mass is 16.2. The van der Waals surface area contributed by atoms with Crippen molar-refractivity contribution in [2.75, 3.05) is 23.3 Å². The Labute approximate surface area is 158 Å². The molecule has 1 saturated heterocycles. The van der Waals surface area contributed by atoms with E-state index in [-0.39, 0.29) is 17.2 Å². The molecule has 1 fully saturated rings. The summed E-state index contributed by atoms with van der Waals surface area (Å²) in [4.78, 5) is 29.7. The monoisotopic (exact) mass is 361 g/mol. The Kier molecular flexibility index (Phi) is 4.67. The van der Waals surface area contributed by atoms with Crippen molar-refractivity contribution < 1.29 is 4.79 Å². The SMILES string of the molecule is CC1CCN(c2ccc(NC(=O)c3cc4ccccc4c(=O)[nH]3)cc2)CC1. The maximum Gasteiger partial charge on any atom is 0.272 e. The summed E-state index contributed by atoms with van der Waals surface area (Å²) < 4.78 is 0. The molecule has 2 heterocycles. The van der Waals surface area contributed by atoms with Gasteiger partial charge in [0.15, 0.2) is 0 Å². The molecule has 1 aromatic heterocycles. The number of nitrogens with one attached hydrogen (secondary N) is 2. The van der Waals surface area contributed by atoms with Crippen LogP contribution in [-0.2, 0) is 0 Å². The number of carbonyl (C=O) groups is 1. The molecule has 0 unspecified atom stereocenters. The van der Waals surface area contributed by atoms with E-state index < -0.39 is 0 Å². The summed E-state index contributed by atoms with van der Waals surface area (Å²) in [6, 6.07) is 16.8. The number of hydrogen-bond donors (Lipinski definition) is 2. The van der Waals surface area contributed by atoms with E-state index in [9.17, 15) is 9.59 Å². The van der Waals surface area contributed by atoms with Gasteiger partial charge in [-0.1, -0.05) is 25.1 Å². The first kappa shape index (κ1) is 17.3. The smallest absolute Gasteiger partial charge is 0.272 e. The van der Waals surface area contributed by atoms with Crippen LogP contribution in [0.5, 0.6) is 0 Å². The van der Waals surface area contributed by atoms with Gasteiger partial charge in [0, 0.05) is 29.9 Å². The molecule has 4 rings (SSSR count). The summed E-state index contributed by atoms with van der Waals surface area (Å²) in [5, 5.41) is 4.19. The average Bonchev–Trinajstić information content (AvgIpc) is 2.69. The van der Waals surface area contributed by atoms with Crippen molar-refractivity contribution in [1.82, 2.24) is 4.98 Å². The van der Waals surface area contributed by atoms with Gasteiger partial charge in [0.25, 0.3) is 11.5 Å². The molecule has 138 valence electrons. The topological polar surface area (TPSA) is 65.2 Å². The summed E-state index contributed by atoms with van der Waals surface area (Å²) in [6.07, 6.45) is 2.43. The number of carbonyl (C=O) groups excluding carboxylic acids is 1. The van der Waals surface area contributed by atoms with Gasteiger partial charge in [-0.2, -0.15) is 0 Å². The standard InChI is InChI=1S/C22H23N3O2/c1-15-10-12-25(13-11-15)18-8-6-17(7-9-18)23-22(27)20-14-16-4-2-3-5-19(16)21(26)24-20/h2-9,14-15H,10-13H2,1H3,(H,23,27)(H,24,26). The Morgan fingerprint density at radius 3 is 2.52 bits per heavy atom. The maximum atomic E-state index is 12.5. The third kappa shape index (κ3) is 3.72. The number of piperidine rings is 1. The highest BCUT2D eigenvalue weighted by Crippen LogP contribution is 2.24. The van der Waals surface area contributed by atoms with Gasteiger partial charge in [-0.25, -0.2) is 0 Å². The van der Waals surface area contributed by atoms with Crippen LogP contribution in [0.3, 0.4) is 0 Å². The van der Waals surface area contributed by atoms with Crippen LogP contribution in [0.25, 0.3) is 10.8 Å². The van der Waals surface area contributed by atoms with Crippen LogP contribution in [-0.4, -0.2) is 24.0 Å². The number of anilines is 2. The van der Waals surface area contributed by atoms with E-state index in [0.29, 0.717) is 11.1 Å². The van der Waals surface area contributed by atoms with Crippen LogP contribution in [0.15, 0.2) is 59.4 Å². The van der Waals surface area contributed by atoms with Gasteiger partial charge in [0.1, 0.15) is 5.69 Å². The second-order valence-electron chi connectivity index (χ2n) is 7.27. The molecule has 5 heteroatoms. The normalized spacial score (nSPS) is 15.1. The quantitative estimate of drug-likeness (QED) is 0.741. The van der Waals surface area contributed by atoms with E-state index >= 15 is 0 Å². The van der Waals surface area contributed by atoms with E-state index in [2.05, 4.69) is 22.1 Å². The molecule has 1 aliphatic heterocycles. The van der Waals surface area contributed by atoms with Gasteiger partial charge >= 0.3 is 0 Å². The number of fused-ring (bicyclic) bond motifs is 1. The molecule has 0 aliphatic carbocycles. The lowest BCUT2D eigenvalue weighted by atomic mass is 9.99. The molecule has 0 bridgehead atoms. The molecule has 0 spiro atoms. The predicted molar refractivity (Wildman–Crippen MR) is 110 cm³/mol. The zero-order chi connectivity index (χ0) is 18.8. The van der Waals surface area contributed by atoms with Crippen LogP contribution in [0.2, 0.25) is 0 Å². The molecule has 1 amide bonds. The van der Waals surface area contributed by atoms with Crippen LogP contribution >= 0.6 is 0 Å². The van der Waals surface area contributed by atoms with Crippen LogP contribution in [0, 0.1) is 5.92 Å². The summed E-state index contributed by atoms with van der Waals surface area (Å²) in [5.74, 6) is 0.473. The second kappa shape index (κ2) is 7.27. The minimum Gasteiger partial charge on any atom is -0.372 e. The molecular formula is C22H23N3O2. The van der Waals surface area contributed by atoms with Crippen molar-refractivity contribution in [1.29, 1.82) is 0 Å². The number of rotatable bonds is 3. The molecule has 2 N–H and O–H groups in total. The molecule has 0 saturated carbocycles. The van der Waals surface area contributed by atoms with E-state index in [1.165, 1.54) is 18.5 Å². The van der Waals surface area contributed by atoms with Crippen molar-refractivity contribution in [3.63, 3.8) is 0 Å². The summed E-state index contributed by atoms with van der Waals surface area (Å²) in [6.45, 7) is 4.45. The van der Waals surface area contributed by atoms with Gasteiger partial charge in [0.05, 0.1) is 0 Å². The lowest BCUT2D eigenvalue weighted by Gasteiger charge is -2.32. The number of hydrogen-bond acceptors (Lipinski definition) is 3. The maximum absolute atomic E-state index is 12.5. The fraction of sp³-hybridized carbons (Fsp3) is 0.273. The first-order valence-corrected chi connectivity index (χ1v) is 9.38. The van der Waals surface area contributed by atoms with Crippen LogP contribution in [0.4, 0.5) is 11.4 Å². The van der Waals surface area contributed by atoms with E-state index in [1.54, 1.807) is 12.1 Å². The lowest BCUT2D eigenvalue weighted by molar-refractivity contribution is 0.102. The minimum absolute atomic E-state index is 0.257.